The quantitative estimate of drug-likeness (QED) is 0.616. The highest BCUT2D eigenvalue weighted by Crippen LogP contribution is 2.36. The zero-order valence-electron chi connectivity index (χ0n) is 7.85. The minimum atomic E-state index is 0.601. The average molecular weight is 156 g/mol. The molecule has 0 aromatic rings. The van der Waals surface area contributed by atoms with Crippen LogP contribution in [0.15, 0.2) is 0 Å². The number of hydrogen-bond donors (Lipinski definition) is 2. The summed E-state index contributed by atoms with van der Waals surface area (Å²) in [5.74, 6) is 1.95. The van der Waals surface area contributed by atoms with Crippen LogP contribution in [-0.2, 0) is 0 Å². The van der Waals surface area contributed by atoms with Crippen molar-refractivity contribution in [1.29, 1.82) is 0 Å². The molecule has 1 saturated carbocycles. The zero-order chi connectivity index (χ0) is 8.27. The second-order valence-electron chi connectivity index (χ2n) is 3.82. The van der Waals surface area contributed by atoms with Crippen LogP contribution in [0.1, 0.15) is 20.3 Å². The fourth-order valence-electron chi connectivity index (χ4n) is 1.27. The van der Waals surface area contributed by atoms with Crippen LogP contribution in [0.2, 0.25) is 0 Å². The molecule has 0 aliphatic heterocycles. The molecular formula is C9H20N2. The third-order valence-corrected chi connectivity index (χ3v) is 2.63. The predicted octanol–water partition coefficient (Wildman–Crippen LogP) is 0.840. The Morgan fingerprint density at radius 2 is 2.18 bits per heavy atom. The minimum absolute atomic E-state index is 0.601. The van der Waals surface area contributed by atoms with Gasteiger partial charge in [0.1, 0.15) is 0 Å². The van der Waals surface area contributed by atoms with Crippen molar-refractivity contribution in [2.75, 3.05) is 20.1 Å². The van der Waals surface area contributed by atoms with Gasteiger partial charge in [0.05, 0.1) is 0 Å². The summed E-state index contributed by atoms with van der Waals surface area (Å²) >= 11 is 0. The van der Waals surface area contributed by atoms with Crippen LogP contribution >= 0.6 is 0 Å². The van der Waals surface area contributed by atoms with E-state index in [1.807, 2.05) is 7.05 Å². The Kier molecular flexibility index (Phi) is 3.34. The van der Waals surface area contributed by atoms with Gasteiger partial charge in [-0.25, -0.2) is 0 Å². The van der Waals surface area contributed by atoms with Gasteiger partial charge in [0.15, 0.2) is 0 Å². The van der Waals surface area contributed by atoms with Gasteiger partial charge in [-0.05, 0) is 38.8 Å². The topological polar surface area (TPSA) is 24.1 Å². The molecule has 0 heterocycles. The molecule has 0 saturated heterocycles. The van der Waals surface area contributed by atoms with Gasteiger partial charge >= 0.3 is 0 Å². The van der Waals surface area contributed by atoms with Crippen molar-refractivity contribution in [3.8, 4) is 0 Å². The lowest BCUT2D eigenvalue weighted by molar-refractivity contribution is 0.521. The first-order valence-electron chi connectivity index (χ1n) is 4.62. The van der Waals surface area contributed by atoms with Crippen LogP contribution < -0.4 is 10.6 Å². The first-order valence-corrected chi connectivity index (χ1v) is 4.62. The summed E-state index contributed by atoms with van der Waals surface area (Å²) in [5.41, 5.74) is 0. The number of rotatable bonds is 5. The number of hydrogen-bond acceptors (Lipinski definition) is 2. The molecule has 0 spiro atoms. The van der Waals surface area contributed by atoms with Gasteiger partial charge in [-0.2, -0.15) is 0 Å². The highest BCUT2D eigenvalue weighted by Gasteiger charge is 2.31. The Hall–Kier alpha value is -0.0800. The SMILES string of the molecule is CNC(C)CNCC1CC1C. The molecule has 0 bridgehead atoms. The van der Waals surface area contributed by atoms with E-state index in [0.717, 1.165) is 18.4 Å². The molecule has 1 rings (SSSR count). The summed E-state index contributed by atoms with van der Waals surface area (Å²) in [6.45, 7) is 6.84. The van der Waals surface area contributed by atoms with Gasteiger partial charge in [0, 0.05) is 12.6 Å². The molecule has 3 unspecified atom stereocenters. The third kappa shape index (κ3) is 3.21. The normalized spacial score (nSPS) is 31.9. The second-order valence-corrected chi connectivity index (χ2v) is 3.82. The van der Waals surface area contributed by atoms with Crippen LogP contribution in [-0.4, -0.2) is 26.2 Å². The molecular weight excluding hydrogens is 136 g/mol. The summed E-state index contributed by atoms with van der Waals surface area (Å²) in [5, 5.41) is 6.67. The van der Waals surface area contributed by atoms with Crippen molar-refractivity contribution in [1.82, 2.24) is 10.6 Å². The lowest BCUT2D eigenvalue weighted by atomic mass is 10.3. The highest BCUT2D eigenvalue weighted by atomic mass is 15.0. The van der Waals surface area contributed by atoms with E-state index < -0.39 is 0 Å². The lowest BCUT2D eigenvalue weighted by Gasteiger charge is -2.10. The summed E-state index contributed by atoms with van der Waals surface area (Å²) in [6, 6.07) is 0.601. The monoisotopic (exact) mass is 156 g/mol. The Labute approximate surface area is 69.8 Å². The Bertz CT molecular complexity index is 110. The van der Waals surface area contributed by atoms with Gasteiger partial charge in [0.25, 0.3) is 0 Å². The van der Waals surface area contributed by atoms with Crippen LogP contribution in [0.4, 0.5) is 0 Å². The van der Waals surface area contributed by atoms with Gasteiger partial charge in [-0.15, -0.1) is 0 Å². The molecule has 0 radical (unpaired) electrons. The molecule has 2 heteroatoms. The van der Waals surface area contributed by atoms with Gasteiger partial charge in [-0.1, -0.05) is 6.92 Å². The lowest BCUT2D eigenvalue weighted by Crippen LogP contribution is -2.34. The first-order chi connectivity index (χ1) is 5.24. The van der Waals surface area contributed by atoms with Crippen molar-refractivity contribution >= 4 is 0 Å². The molecule has 1 aliphatic rings. The smallest absolute Gasteiger partial charge is 0.0161 e. The molecule has 3 atom stereocenters. The maximum absolute atomic E-state index is 3.47. The van der Waals surface area contributed by atoms with E-state index in [9.17, 15) is 0 Å². The van der Waals surface area contributed by atoms with Gasteiger partial charge in [0.2, 0.25) is 0 Å². The van der Waals surface area contributed by atoms with Crippen molar-refractivity contribution < 1.29 is 0 Å². The zero-order valence-corrected chi connectivity index (χ0v) is 7.85. The van der Waals surface area contributed by atoms with E-state index >= 15 is 0 Å². The molecule has 2 N–H and O–H groups in total. The maximum atomic E-state index is 3.47. The minimum Gasteiger partial charge on any atom is -0.316 e. The molecule has 0 amide bonds. The van der Waals surface area contributed by atoms with Gasteiger partial charge in [-0.3, -0.25) is 0 Å². The van der Waals surface area contributed by atoms with Crippen LogP contribution in [0.5, 0.6) is 0 Å². The molecule has 66 valence electrons. The van der Waals surface area contributed by atoms with Crippen molar-refractivity contribution in [3.63, 3.8) is 0 Å². The fraction of sp³-hybridized carbons (Fsp3) is 1.00. The maximum Gasteiger partial charge on any atom is 0.0161 e. The van der Waals surface area contributed by atoms with E-state index in [-0.39, 0.29) is 0 Å². The largest absolute Gasteiger partial charge is 0.316 e. The predicted molar refractivity (Wildman–Crippen MR) is 48.7 cm³/mol. The summed E-state index contributed by atoms with van der Waals surface area (Å²) in [7, 11) is 2.01. The second kappa shape index (κ2) is 4.07. The van der Waals surface area contributed by atoms with E-state index in [4.69, 9.17) is 0 Å². The summed E-state index contributed by atoms with van der Waals surface area (Å²) in [4.78, 5) is 0. The molecule has 0 aromatic heterocycles. The van der Waals surface area contributed by atoms with E-state index in [1.165, 1.54) is 13.0 Å². The molecule has 0 aromatic carbocycles. The van der Waals surface area contributed by atoms with E-state index in [0.29, 0.717) is 6.04 Å². The van der Waals surface area contributed by atoms with E-state index in [1.54, 1.807) is 0 Å². The van der Waals surface area contributed by atoms with Crippen molar-refractivity contribution in [2.45, 2.75) is 26.3 Å². The van der Waals surface area contributed by atoms with E-state index in [2.05, 4.69) is 24.5 Å². The van der Waals surface area contributed by atoms with Crippen LogP contribution in [0, 0.1) is 11.8 Å². The van der Waals surface area contributed by atoms with Crippen LogP contribution in [0.3, 0.4) is 0 Å². The summed E-state index contributed by atoms with van der Waals surface area (Å²) < 4.78 is 0. The van der Waals surface area contributed by atoms with Gasteiger partial charge < -0.3 is 10.6 Å². The molecule has 1 aliphatic carbocycles. The number of likely N-dealkylation sites (N-methyl/N-ethyl adjacent to an activating group) is 1. The van der Waals surface area contributed by atoms with Crippen LogP contribution in [0.25, 0.3) is 0 Å². The standard InChI is InChI=1S/C9H20N2/c1-7-4-9(7)6-11-5-8(2)10-3/h7-11H,4-6H2,1-3H3. The highest BCUT2D eigenvalue weighted by molar-refractivity contribution is 4.84. The number of nitrogens with one attached hydrogen (secondary N) is 2. The van der Waals surface area contributed by atoms with Crippen molar-refractivity contribution in [3.05, 3.63) is 0 Å². The fourth-order valence-corrected chi connectivity index (χ4v) is 1.27. The molecule has 11 heavy (non-hydrogen) atoms. The first kappa shape index (κ1) is 9.01. The molecule has 2 nitrogen and oxygen atoms in total. The average Bonchev–Trinajstić information content (AvgIpc) is 2.66. The Morgan fingerprint density at radius 3 is 2.64 bits per heavy atom. The molecule has 1 fully saturated rings. The Morgan fingerprint density at radius 1 is 1.55 bits per heavy atom. The third-order valence-electron chi connectivity index (χ3n) is 2.63. The van der Waals surface area contributed by atoms with Crippen molar-refractivity contribution in [2.24, 2.45) is 11.8 Å². The Balaban J connectivity index is 1.88. The summed E-state index contributed by atoms with van der Waals surface area (Å²) in [6.07, 6.45) is 1.43.